The van der Waals surface area contributed by atoms with E-state index >= 15 is 0 Å². The van der Waals surface area contributed by atoms with Crippen LogP contribution in [-0.2, 0) is 4.79 Å². The summed E-state index contributed by atoms with van der Waals surface area (Å²) in [6.45, 7) is 0.650. The van der Waals surface area contributed by atoms with Gasteiger partial charge >= 0.3 is 5.97 Å². The van der Waals surface area contributed by atoms with E-state index in [0.29, 0.717) is 30.2 Å². The number of aliphatic carboxylic acids is 1. The van der Waals surface area contributed by atoms with Crippen molar-refractivity contribution in [1.82, 2.24) is 5.32 Å². The number of nitrogens with two attached hydrogens (primary N) is 1. The molecule has 1 atom stereocenters. The third kappa shape index (κ3) is 5.19. The topological polar surface area (TPSA) is 102 Å². The molecule has 4 N–H and O–H groups in total. The van der Waals surface area contributed by atoms with E-state index in [1.165, 1.54) is 0 Å². The van der Waals surface area contributed by atoms with Gasteiger partial charge in [-0.15, -0.1) is 0 Å². The van der Waals surface area contributed by atoms with Crippen LogP contribution in [0.25, 0.3) is 0 Å². The number of hydrogen-bond acceptors (Lipinski definition) is 5. The van der Waals surface area contributed by atoms with E-state index in [-0.39, 0.29) is 12.2 Å². The molecule has 1 unspecified atom stereocenters. The molecular formula is C18H20N2O4. The normalized spacial score (nSPS) is 11.7. The Morgan fingerprint density at radius 1 is 1.04 bits per heavy atom. The first-order valence-corrected chi connectivity index (χ1v) is 7.62. The molecule has 0 saturated heterocycles. The first kappa shape index (κ1) is 17.7. The number of carbonyl (C=O) groups excluding carboxylic acids is 1. The molecule has 0 heterocycles. The number of carbonyl (C=O) groups is 2. The second kappa shape index (κ2) is 8.81. The van der Waals surface area contributed by atoms with E-state index in [1.807, 2.05) is 30.3 Å². The summed E-state index contributed by atoms with van der Waals surface area (Å²) >= 11 is 0. The maximum Gasteiger partial charge on any atom is 0.321 e. The first-order chi connectivity index (χ1) is 11.6. The highest BCUT2D eigenvalue weighted by atomic mass is 16.5. The van der Waals surface area contributed by atoms with Gasteiger partial charge in [-0.2, -0.15) is 0 Å². The number of ketones is 1. The standard InChI is InChI=1S/C18H20N2O4/c19-10-11-20-16(18(22)23)12-17(21)13-6-8-15(9-7-13)24-14-4-2-1-3-5-14/h1-9,16,20H,10-12,19H2,(H,22,23). The van der Waals surface area contributed by atoms with Gasteiger partial charge in [0.1, 0.15) is 17.5 Å². The van der Waals surface area contributed by atoms with E-state index in [1.54, 1.807) is 24.3 Å². The Balaban J connectivity index is 1.98. The van der Waals surface area contributed by atoms with Gasteiger partial charge in [-0.25, -0.2) is 0 Å². The number of para-hydroxylation sites is 1. The van der Waals surface area contributed by atoms with Crippen molar-refractivity contribution in [1.29, 1.82) is 0 Å². The molecular weight excluding hydrogens is 308 g/mol. The number of benzene rings is 2. The van der Waals surface area contributed by atoms with Crippen molar-refractivity contribution in [2.45, 2.75) is 12.5 Å². The average molecular weight is 328 g/mol. The van der Waals surface area contributed by atoms with Gasteiger partial charge in [0.25, 0.3) is 0 Å². The van der Waals surface area contributed by atoms with Crippen molar-refractivity contribution in [3.05, 3.63) is 60.2 Å². The number of carboxylic acids is 1. The van der Waals surface area contributed by atoms with Gasteiger partial charge in [0, 0.05) is 25.1 Å². The van der Waals surface area contributed by atoms with Crippen LogP contribution in [0.2, 0.25) is 0 Å². The number of carboxylic acid groups (broad SMARTS) is 1. The summed E-state index contributed by atoms with van der Waals surface area (Å²) < 4.78 is 5.65. The molecule has 126 valence electrons. The van der Waals surface area contributed by atoms with Crippen molar-refractivity contribution >= 4 is 11.8 Å². The summed E-state index contributed by atoms with van der Waals surface area (Å²) in [4.78, 5) is 23.4. The quantitative estimate of drug-likeness (QED) is 0.609. The van der Waals surface area contributed by atoms with Crippen LogP contribution in [0.1, 0.15) is 16.8 Å². The number of rotatable bonds is 9. The fourth-order valence-electron chi connectivity index (χ4n) is 2.14. The van der Waals surface area contributed by atoms with Gasteiger partial charge < -0.3 is 20.9 Å². The van der Waals surface area contributed by atoms with Crippen molar-refractivity contribution in [3.63, 3.8) is 0 Å². The highest BCUT2D eigenvalue weighted by Gasteiger charge is 2.21. The lowest BCUT2D eigenvalue weighted by Crippen LogP contribution is -2.40. The maximum atomic E-state index is 12.2. The lowest BCUT2D eigenvalue weighted by atomic mass is 10.0. The summed E-state index contributed by atoms with van der Waals surface area (Å²) in [5.74, 6) is -0.0127. The summed E-state index contributed by atoms with van der Waals surface area (Å²) in [7, 11) is 0. The molecule has 0 aromatic heterocycles. The molecule has 0 fully saturated rings. The smallest absolute Gasteiger partial charge is 0.321 e. The third-order valence-electron chi connectivity index (χ3n) is 3.38. The van der Waals surface area contributed by atoms with Gasteiger partial charge in [0.2, 0.25) is 0 Å². The minimum absolute atomic E-state index is 0.131. The van der Waals surface area contributed by atoms with Crippen LogP contribution in [0.15, 0.2) is 54.6 Å². The van der Waals surface area contributed by atoms with Crippen molar-refractivity contribution < 1.29 is 19.4 Å². The molecule has 24 heavy (non-hydrogen) atoms. The van der Waals surface area contributed by atoms with Gasteiger partial charge in [-0.05, 0) is 36.4 Å². The third-order valence-corrected chi connectivity index (χ3v) is 3.38. The van der Waals surface area contributed by atoms with E-state index in [4.69, 9.17) is 15.6 Å². The van der Waals surface area contributed by atoms with Crippen LogP contribution >= 0.6 is 0 Å². The maximum absolute atomic E-state index is 12.2. The monoisotopic (exact) mass is 328 g/mol. The number of ether oxygens (including phenoxy) is 1. The Labute approximate surface area is 140 Å². The fraction of sp³-hybridized carbons (Fsp3) is 0.222. The summed E-state index contributed by atoms with van der Waals surface area (Å²) in [6, 6.07) is 15.0. The molecule has 6 heteroatoms. The van der Waals surface area contributed by atoms with Crippen LogP contribution in [0.5, 0.6) is 11.5 Å². The van der Waals surface area contributed by atoms with Crippen LogP contribution in [0, 0.1) is 0 Å². The predicted octanol–water partition coefficient (Wildman–Crippen LogP) is 2.05. The Morgan fingerprint density at radius 3 is 2.25 bits per heavy atom. The Morgan fingerprint density at radius 2 is 1.67 bits per heavy atom. The SMILES string of the molecule is NCCNC(CC(=O)c1ccc(Oc2ccccc2)cc1)C(=O)O. The molecule has 6 nitrogen and oxygen atoms in total. The molecule has 2 aromatic rings. The molecule has 0 saturated carbocycles. The minimum atomic E-state index is -1.07. The fourth-order valence-corrected chi connectivity index (χ4v) is 2.14. The average Bonchev–Trinajstić information content (AvgIpc) is 2.59. The Bertz CT molecular complexity index is 671. The van der Waals surface area contributed by atoms with Gasteiger partial charge in [-0.1, -0.05) is 18.2 Å². The van der Waals surface area contributed by atoms with Gasteiger partial charge in [0.05, 0.1) is 0 Å². The predicted molar refractivity (Wildman–Crippen MR) is 90.4 cm³/mol. The summed E-state index contributed by atoms with van der Waals surface area (Å²) in [6.07, 6.45) is -0.131. The number of nitrogens with one attached hydrogen (secondary N) is 1. The largest absolute Gasteiger partial charge is 0.480 e. The molecule has 0 aliphatic rings. The minimum Gasteiger partial charge on any atom is -0.480 e. The zero-order valence-corrected chi connectivity index (χ0v) is 13.1. The zero-order chi connectivity index (χ0) is 17.4. The lowest BCUT2D eigenvalue weighted by molar-refractivity contribution is -0.139. The summed E-state index contributed by atoms with van der Waals surface area (Å²) in [5.41, 5.74) is 5.79. The first-order valence-electron chi connectivity index (χ1n) is 7.62. The van der Waals surface area contributed by atoms with E-state index < -0.39 is 12.0 Å². The van der Waals surface area contributed by atoms with Crippen molar-refractivity contribution in [3.8, 4) is 11.5 Å². The second-order valence-electron chi connectivity index (χ2n) is 5.20. The van der Waals surface area contributed by atoms with Gasteiger partial charge in [0.15, 0.2) is 5.78 Å². The van der Waals surface area contributed by atoms with E-state index in [9.17, 15) is 9.59 Å². The highest BCUT2D eigenvalue weighted by molar-refractivity contribution is 5.98. The molecule has 0 spiro atoms. The van der Waals surface area contributed by atoms with Crippen LogP contribution in [0.3, 0.4) is 0 Å². The van der Waals surface area contributed by atoms with Crippen LogP contribution in [0.4, 0.5) is 0 Å². The van der Waals surface area contributed by atoms with Crippen LogP contribution in [-0.4, -0.2) is 36.0 Å². The van der Waals surface area contributed by atoms with E-state index in [2.05, 4.69) is 5.32 Å². The van der Waals surface area contributed by atoms with Crippen LogP contribution < -0.4 is 15.8 Å². The number of Topliss-reactive ketones (excluding diaryl/α,β-unsaturated/α-hetero) is 1. The van der Waals surface area contributed by atoms with Crippen molar-refractivity contribution in [2.24, 2.45) is 5.73 Å². The second-order valence-corrected chi connectivity index (χ2v) is 5.20. The van der Waals surface area contributed by atoms with Crippen molar-refractivity contribution in [2.75, 3.05) is 13.1 Å². The molecule has 2 aromatic carbocycles. The zero-order valence-electron chi connectivity index (χ0n) is 13.1. The Hall–Kier alpha value is -2.70. The molecule has 0 radical (unpaired) electrons. The molecule has 0 amide bonds. The van der Waals surface area contributed by atoms with Gasteiger partial charge in [-0.3, -0.25) is 9.59 Å². The lowest BCUT2D eigenvalue weighted by Gasteiger charge is -2.13. The Kier molecular flexibility index (Phi) is 6.48. The number of hydrogen-bond donors (Lipinski definition) is 3. The summed E-state index contributed by atoms with van der Waals surface area (Å²) in [5, 5.41) is 11.9. The highest BCUT2D eigenvalue weighted by Crippen LogP contribution is 2.21. The molecule has 0 bridgehead atoms. The van der Waals surface area contributed by atoms with E-state index in [0.717, 1.165) is 0 Å². The molecule has 0 aliphatic heterocycles. The molecule has 2 rings (SSSR count). The molecule has 0 aliphatic carbocycles.